The molecule has 0 fully saturated rings. The van der Waals surface area contributed by atoms with E-state index < -0.39 is 21.8 Å². The third kappa shape index (κ3) is 5.83. The van der Waals surface area contributed by atoms with Crippen LogP contribution in [0.3, 0.4) is 0 Å². The number of allylic oxidation sites excluding steroid dienone is 1. The minimum atomic E-state index is -1.86. The van der Waals surface area contributed by atoms with E-state index in [9.17, 15) is 4.79 Å². The Kier molecular flexibility index (Phi) is 7.17. The van der Waals surface area contributed by atoms with E-state index in [1.807, 2.05) is 14.1 Å². The van der Waals surface area contributed by atoms with Gasteiger partial charge in [0.25, 0.3) is 0 Å². The number of carbonyl (C=O) groups is 1. The Morgan fingerprint density at radius 2 is 1.85 bits per heavy atom. The minimum Gasteiger partial charge on any atom is -0.547 e. The number of hydrogen-bond acceptors (Lipinski definition) is 3. The zero-order valence-corrected chi connectivity index (χ0v) is 20.6. The van der Waals surface area contributed by atoms with Gasteiger partial charge in [-0.05, 0) is 44.7 Å². The van der Waals surface area contributed by atoms with Gasteiger partial charge in [0.05, 0.1) is 11.2 Å². The number of aldehydes is 1. The van der Waals surface area contributed by atoms with Crippen molar-refractivity contribution in [3.8, 4) is 11.5 Å². The highest BCUT2D eigenvalue weighted by Crippen LogP contribution is 2.43. The number of likely N-dealkylation sites (N-methyl/N-ethyl adjacent to an activating group) is 1. The van der Waals surface area contributed by atoms with Crippen LogP contribution in [0.4, 0.5) is 0 Å². The van der Waals surface area contributed by atoms with Crippen molar-refractivity contribution in [1.29, 1.82) is 0 Å². The molecule has 0 amide bonds. The van der Waals surface area contributed by atoms with E-state index in [4.69, 9.17) is 4.43 Å². The summed E-state index contributed by atoms with van der Waals surface area (Å²) in [6, 6.07) is 0.0319. The van der Waals surface area contributed by atoms with Gasteiger partial charge in [-0.3, -0.25) is 0 Å². The first-order valence-electron chi connectivity index (χ1n) is 9.66. The molecule has 0 N–H and O–H groups in total. The summed E-state index contributed by atoms with van der Waals surface area (Å²) in [5.74, 6) is 4.41. The molecular formula is C21H39NO2Si2. The van der Waals surface area contributed by atoms with Crippen LogP contribution in [0.2, 0.25) is 37.8 Å². The van der Waals surface area contributed by atoms with Gasteiger partial charge in [0.1, 0.15) is 14.4 Å². The summed E-state index contributed by atoms with van der Waals surface area (Å²) in [6.07, 6.45) is 5.60. The Balaban J connectivity index is 3.14. The Morgan fingerprint density at radius 3 is 2.27 bits per heavy atom. The van der Waals surface area contributed by atoms with Crippen LogP contribution in [-0.2, 0) is 9.22 Å². The first-order valence-corrected chi connectivity index (χ1v) is 16.1. The molecule has 0 spiro atoms. The van der Waals surface area contributed by atoms with Crippen LogP contribution in [-0.4, -0.2) is 47.7 Å². The molecule has 0 heterocycles. The zero-order valence-electron chi connectivity index (χ0n) is 18.6. The van der Waals surface area contributed by atoms with Crippen LogP contribution in [0.25, 0.3) is 0 Å². The lowest BCUT2D eigenvalue weighted by atomic mass is 9.71. The average Bonchev–Trinajstić information content (AvgIpc) is 2.45. The quantitative estimate of drug-likeness (QED) is 0.371. The summed E-state index contributed by atoms with van der Waals surface area (Å²) in [6.45, 7) is 18.0. The third-order valence-corrected chi connectivity index (χ3v) is 10.9. The van der Waals surface area contributed by atoms with Gasteiger partial charge in [-0.2, -0.15) is 0 Å². The van der Waals surface area contributed by atoms with Crippen molar-refractivity contribution in [2.24, 2.45) is 5.41 Å². The molecule has 0 aromatic carbocycles. The highest BCUT2D eigenvalue weighted by Gasteiger charge is 2.44. The van der Waals surface area contributed by atoms with E-state index in [2.05, 4.69) is 75.9 Å². The van der Waals surface area contributed by atoms with Crippen LogP contribution in [0, 0.1) is 16.9 Å². The van der Waals surface area contributed by atoms with E-state index in [0.29, 0.717) is 6.42 Å². The van der Waals surface area contributed by atoms with Crippen molar-refractivity contribution in [3.05, 3.63) is 11.8 Å². The van der Waals surface area contributed by atoms with Crippen molar-refractivity contribution >= 4 is 22.7 Å². The minimum absolute atomic E-state index is 0.0319. The molecule has 1 aliphatic carbocycles. The standard InChI is InChI=1S/C21H39NO2Si2/c1-20(2,3)26(9,10)24-18-12-14-21(17-23,19(16-18)22(4)5)13-11-15-25(6,7)8/h16-17,19H,12-14H2,1-10H3/t19-,21-/m1/s1. The molecule has 2 atom stereocenters. The summed E-state index contributed by atoms with van der Waals surface area (Å²) in [7, 11) is 0.795. The number of hydrogen-bond donors (Lipinski definition) is 0. The SMILES string of the molecule is CN(C)[C@@H]1C=C(O[Si](C)(C)C(C)(C)C)CC[C@@]1(C=O)CC#C[Si](C)(C)C. The topological polar surface area (TPSA) is 29.5 Å². The molecular weight excluding hydrogens is 354 g/mol. The van der Waals surface area contributed by atoms with Gasteiger partial charge < -0.3 is 14.1 Å². The maximum atomic E-state index is 12.2. The molecule has 0 aliphatic heterocycles. The second kappa shape index (κ2) is 8.04. The second-order valence-corrected chi connectivity index (χ2v) is 20.0. The molecule has 0 aromatic rings. The van der Waals surface area contributed by atoms with E-state index in [0.717, 1.165) is 24.9 Å². The number of rotatable bonds is 5. The molecule has 0 saturated carbocycles. The summed E-state index contributed by atoms with van der Waals surface area (Å²) >= 11 is 0. The summed E-state index contributed by atoms with van der Waals surface area (Å²) < 4.78 is 6.55. The smallest absolute Gasteiger partial charge is 0.250 e. The van der Waals surface area contributed by atoms with Gasteiger partial charge in [-0.1, -0.05) is 40.4 Å². The molecule has 1 rings (SSSR count). The van der Waals surface area contributed by atoms with E-state index >= 15 is 0 Å². The molecule has 0 bridgehead atoms. The van der Waals surface area contributed by atoms with Gasteiger partial charge in [0, 0.05) is 18.9 Å². The van der Waals surface area contributed by atoms with Gasteiger partial charge in [0.15, 0.2) is 0 Å². The van der Waals surface area contributed by atoms with Crippen LogP contribution < -0.4 is 0 Å². The summed E-state index contributed by atoms with van der Waals surface area (Å²) in [5.41, 5.74) is 2.99. The molecule has 148 valence electrons. The van der Waals surface area contributed by atoms with Crippen molar-refractivity contribution in [2.45, 2.75) is 83.8 Å². The molecule has 0 saturated heterocycles. The zero-order chi connectivity index (χ0) is 20.4. The van der Waals surface area contributed by atoms with Crippen molar-refractivity contribution in [3.63, 3.8) is 0 Å². The van der Waals surface area contributed by atoms with Gasteiger partial charge >= 0.3 is 0 Å². The van der Waals surface area contributed by atoms with E-state index in [1.54, 1.807) is 0 Å². The lowest BCUT2D eigenvalue weighted by Crippen LogP contribution is -2.48. The number of carbonyl (C=O) groups excluding carboxylic acids is 1. The Bertz CT molecular complexity index is 600. The first-order chi connectivity index (χ1) is 11.6. The highest BCUT2D eigenvalue weighted by molar-refractivity contribution is 6.83. The van der Waals surface area contributed by atoms with Crippen LogP contribution in [0.15, 0.2) is 11.8 Å². The van der Waals surface area contributed by atoms with Gasteiger partial charge in [-0.25, -0.2) is 0 Å². The fourth-order valence-corrected chi connectivity index (χ4v) is 4.75. The Labute approximate surface area is 163 Å². The molecule has 0 aromatic heterocycles. The highest BCUT2D eigenvalue weighted by atomic mass is 28.4. The summed E-state index contributed by atoms with van der Waals surface area (Å²) in [5, 5.41) is 0.170. The van der Waals surface area contributed by atoms with E-state index in [-0.39, 0.29) is 11.1 Å². The summed E-state index contributed by atoms with van der Waals surface area (Å²) in [4.78, 5) is 14.3. The maximum Gasteiger partial charge on any atom is 0.250 e. The normalized spacial score (nSPS) is 24.6. The predicted molar refractivity (Wildman–Crippen MR) is 117 cm³/mol. The van der Waals surface area contributed by atoms with Crippen molar-refractivity contribution in [1.82, 2.24) is 4.90 Å². The first kappa shape index (κ1) is 23.2. The Morgan fingerprint density at radius 1 is 1.27 bits per heavy atom. The third-order valence-electron chi connectivity index (χ3n) is 5.63. The Hall–Kier alpha value is -0.836. The monoisotopic (exact) mass is 393 g/mol. The van der Waals surface area contributed by atoms with Crippen molar-refractivity contribution in [2.75, 3.05) is 14.1 Å². The van der Waals surface area contributed by atoms with Crippen LogP contribution in [0.1, 0.15) is 40.0 Å². The molecule has 26 heavy (non-hydrogen) atoms. The van der Waals surface area contributed by atoms with Gasteiger partial charge in [-0.15, -0.1) is 11.5 Å². The van der Waals surface area contributed by atoms with E-state index in [1.165, 1.54) is 0 Å². The molecule has 5 heteroatoms. The van der Waals surface area contributed by atoms with Crippen molar-refractivity contribution < 1.29 is 9.22 Å². The fourth-order valence-electron chi connectivity index (χ4n) is 3.00. The average molecular weight is 394 g/mol. The van der Waals surface area contributed by atoms with Crippen LogP contribution in [0.5, 0.6) is 0 Å². The lowest BCUT2D eigenvalue weighted by molar-refractivity contribution is -0.119. The molecule has 0 unspecified atom stereocenters. The maximum absolute atomic E-state index is 12.2. The fraction of sp³-hybridized carbons (Fsp3) is 0.762. The molecule has 3 nitrogen and oxygen atoms in total. The van der Waals surface area contributed by atoms with Crippen LogP contribution >= 0.6 is 0 Å². The predicted octanol–water partition coefficient (Wildman–Crippen LogP) is 5.07. The molecule has 0 radical (unpaired) electrons. The lowest BCUT2D eigenvalue weighted by Gasteiger charge is -2.44. The second-order valence-electron chi connectivity index (χ2n) is 10.5. The largest absolute Gasteiger partial charge is 0.547 e. The number of nitrogens with zero attached hydrogens (tertiary/aromatic N) is 1. The molecule has 1 aliphatic rings. The van der Waals surface area contributed by atoms with Gasteiger partial charge in [0.2, 0.25) is 8.32 Å².